The summed E-state index contributed by atoms with van der Waals surface area (Å²) in [7, 11) is 6.74. The lowest BCUT2D eigenvalue weighted by Crippen LogP contribution is -3.15. The standard InChI is InChI=1S/C20H27N3/c1-5-23-19-9-7-6-8-17(19)18-14-16(10-11-20(18)23)15-22(4)13-12-21(2)3/h6-11,14H,5,12-13,15H2,1-4H3/p+2. The number of para-hydroxylation sites is 1. The molecular weight excluding hydrogens is 282 g/mol. The minimum Gasteiger partial charge on any atom is -0.341 e. The van der Waals surface area contributed by atoms with E-state index in [0.29, 0.717) is 0 Å². The van der Waals surface area contributed by atoms with E-state index in [2.05, 4.69) is 75.1 Å². The van der Waals surface area contributed by atoms with E-state index in [1.807, 2.05) is 0 Å². The van der Waals surface area contributed by atoms with Crippen LogP contribution in [0.25, 0.3) is 21.8 Å². The third-order valence-electron chi connectivity index (χ3n) is 4.71. The van der Waals surface area contributed by atoms with Crippen LogP contribution in [0.1, 0.15) is 12.5 Å². The van der Waals surface area contributed by atoms with Crippen molar-refractivity contribution >= 4 is 21.8 Å². The molecule has 3 aromatic rings. The summed E-state index contributed by atoms with van der Waals surface area (Å²) < 4.78 is 2.42. The van der Waals surface area contributed by atoms with Crippen LogP contribution in [0.4, 0.5) is 0 Å². The molecule has 23 heavy (non-hydrogen) atoms. The summed E-state index contributed by atoms with van der Waals surface area (Å²) in [6.07, 6.45) is 0. The first-order valence-corrected chi connectivity index (χ1v) is 8.70. The number of hydrogen-bond donors (Lipinski definition) is 2. The zero-order valence-electron chi connectivity index (χ0n) is 14.8. The molecule has 3 nitrogen and oxygen atoms in total. The minimum atomic E-state index is 1.01. The average molecular weight is 311 g/mol. The summed E-state index contributed by atoms with van der Waals surface area (Å²) in [5.74, 6) is 0. The topological polar surface area (TPSA) is 13.8 Å². The number of benzene rings is 2. The molecule has 1 aromatic heterocycles. The van der Waals surface area contributed by atoms with Gasteiger partial charge in [0.15, 0.2) is 0 Å². The molecule has 0 aliphatic carbocycles. The highest BCUT2D eigenvalue weighted by atomic mass is 15.1. The number of hydrogen-bond acceptors (Lipinski definition) is 0. The molecule has 3 rings (SSSR count). The summed E-state index contributed by atoms with van der Waals surface area (Å²) in [5.41, 5.74) is 4.13. The number of likely N-dealkylation sites (N-methyl/N-ethyl adjacent to an activating group) is 2. The molecule has 1 atom stereocenters. The van der Waals surface area contributed by atoms with E-state index in [0.717, 1.165) is 13.1 Å². The minimum absolute atomic E-state index is 1.01. The molecule has 0 saturated heterocycles. The van der Waals surface area contributed by atoms with E-state index < -0.39 is 0 Å². The molecule has 3 heteroatoms. The van der Waals surface area contributed by atoms with Gasteiger partial charge in [-0.1, -0.05) is 24.3 Å². The molecule has 0 bridgehead atoms. The fourth-order valence-electron chi connectivity index (χ4n) is 3.45. The lowest BCUT2D eigenvalue weighted by molar-refractivity contribution is -0.937. The second kappa shape index (κ2) is 6.73. The average Bonchev–Trinajstić information content (AvgIpc) is 2.86. The lowest BCUT2D eigenvalue weighted by Gasteiger charge is -2.15. The van der Waals surface area contributed by atoms with Crippen LogP contribution in [-0.4, -0.2) is 38.8 Å². The second-order valence-electron chi connectivity index (χ2n) is 6.95. The van der Waals surface area contributed by atoms with Crippen LogP contribution in [-0.2, 0) is 13.1 Å². The molecule has 0 fully saturated rings. The van der Waals surface area contributed by atoms with Crippen LogP contribution in [0.2, 0.25) is 0 Å². The molecule has 2 N–H and O–H groups in total. The van der Waals surface area contributed by atoms with Crippen LogP contribution in [0.15, 0.2) is 42.5 Å². The SMILES string of the molecule is CCn1c2ccccc2c2cc(C[NH+](C)CC[NH+](C)C)ccc21. The van der Waals surface area contributed by atoms with Gasteiger partial charge in [-0.2, -0.15) is 0 Å². The van der Waals surface area contributed by atoms with Crippen molar-refractivity contribution in [3.05, 3.63) is 48.0 Å². The van der Waals surface area contributed by atoms with Gasteiger partial charge in [-0.15, -0.1) is 0 Å². The molecule has 0 aliphatic rings. The first-order chi connectivity index (χ1) is 11.1. The fourth-order valence-corrected chi connectivity index (χ4v) is 3.45. The Kier molecular flexibility index (Phi) is 4.69. The monoisotopic (exact) mass is 311 g/mol. The van der Waals surface area contributed by atoms with Gasteiger partial charge in [-0.3, -0.25) is 0 Å². The van der Waals surface area contributed by atoms with E-state index in [-0.39, 0.29) is 0 Å². The van der Waals surface area contributed by atoms with Gasteiger partial charge in [0.25, 0.3) is 0 Å². The summed E-state index contributed by atoms with van der Waals surface area (Å²) in [4.78, 5) is 3.09. The Morgan fingerprint density at radius 1 is 0.870 bits per heavy atom. The number of nitrogens with zero attached hydrogens (tertiary/aromatic N) is 1. The Balaban J connectivity index is 1.94. The Labute approximate surface area is 139 Å². The molecule has 0 amide bonds. The van der Waals surface area contributed by atoms with Gasteiger partial charge in [-0.25, -0.2) is 0 Å². The maximum Gasteiger partial charge on any atom is 0.127 e. The number of aryl methyl sites for hydroxylation is 1. The normalized spacial score (nSPS) is 13.3. The molecule has 2 aromatic carbocycles. The molecule has 1 unspecified atom stereocenters. The first kappa shape index (κ1) is 16.0. The van der Waals surface area contributed by atoms with Crippen molar-refractivity contribution in [1.82, 2.24) is 4.57 Å². The van der Waals surface area contributed by atoms with Crippen molar-refractivity contribution in [2.75, 3.05) is 34.2 Å². The molecular formula is C20H29N3+2. The quantitative estimate of drug-likeness (QED) is 0.674. The highest BCUT2D eigenvalue weighted by Crippen LogP contribution is 2.29. The molecule has 1 heterocycles. The number of aromatic nitrogens is 1. The number of rotatable bonds is 6. The van der Waals surface area contributed by atoms with Crippen molar-refractivity contribution in [2.45, 2.75) is 20.0 Å². The molecule has 0 saturated carbocycles. The van der Waals surface area contributed by atoms with Gasteiger partial charge in [0.05, 0.1) is 21.1 Å². The summed E-state index contributed by atoms with van der Waals surface area (Å²) >= 11 is 0. The van der Waals surface area contributed by atoms with E-state index in [1.165, 1.54) is 45.4 Å². The van der Waals surface area contributed by atoms with Crippen LogP contribution in [0.3, 0.4) is 0 Å². The van der Waals surface area contributed by atoms with Gasteiger partial charge < -0.3 is 14.4 Å². The third-order valence-corrected chi connectivity index (χ3v) is 4.71. The zero-order valence-corrected chi connectivity index (χ0v) is 14.8. The van der Waals surface area contributed by atoms with Crippen molar-refractivity contribution in [3.63, 3.8) is 0 Å². The summed E-state index contributed by atoms with van der Waals surface area (Å²) in [6, 6.07) is 15.8. The van der Waals surface area contributed by atoms with Crippen molar-refractivity contribution in [3.8, 4) is 0 Å². The molecule has 0 aliphatic heterocycles. The van der Waals surface area contributed by atoms with E-state index in [4.69, 9.17) is 0 Å². The number of fused-ring (bicyclic) bond motifs is 3. The van der Waals surface area contributed by atoms with Crippen molar-refractivity contribution in [1.29, 1.82) is 0 Å². The number of nitrogens with one attached hydrogen (secondary N) is 2. The zero-order chi connectivity index (χ0) is 16.4. The van der Waals surface area contributed by atoms with Gasteiger partial charge >= 0.3 is 0 Å². The largest absolute Gasteiger partial charge is 0.341 e. The van der Waals surface area contributed by atoms with Gasteiger partial charge in [0, 0.05) is 33.9 Å². The Morgan fingerprint density at radius 3 is 2.35 bits per heavy atom. The van der Waals surface area contributed by atoms with Crippen molar-refractivity contribution < 1.29 is 9.80 Å². The predicted molar refractivity (Wildman–Crippen MR) is 98.3 cm³/mol. The maximum absolute atomic E-state index is 2.42. The van der Waals surface area contributed by atoms with Crippen LogP contribution >= 0.6 is 0 Å². The van der Waals surface area contributed by atoms with E-state index in [9.17, 15) is 0 Å². The Bertz CT molecular complexity index is 801. The van der Waals surface area contributed by atoms with Gasteiger partial charge in [-0.05, 0) is 25.1 Å². The smallest absolute Gasteiger partial charge is 0.127 e. The van der Waals surface area contributed by atoms with Gasteiger partial charge in [0.1, 0.15) is 19.6 Å². The van der Waals surface area contributed by atoms with E-state index in [1.54, 1.807) is 4.90 Å². The predicted octanol–water partition coefficient (Wildman–Crippen LogP) is 0.974. The van der Waals surface area contributed by atoms with Crippen LogP contribution in [0, 0.1) is 0 Å². The second-order valence-corrected chi connectivity index (χ2v) is 6.95. The highest BCUT2D eigenvalue weighted by Gasteiger charge is 2.11. The lowest BCUT2D eigenvalue weighted by atomic mass is 10.1. The maximum atomic E-state index is 2.42. The number of quaternary nitrogens is 2. The van der Waals surface area contributed by atoms with E-state index >= 15 is 0 Å². The molecule has 0 radical (unpaired) electrons. The Morgan fingerprint density at radius 2 is 1.61 bits per heavy atom. The summed E-state index contributed by atoms with van der Waals surface area (Å²) in [6.45, 7) is 6.75. The molecule has 122 valence electrons. The van der Waals surface area contributed by atoms with Gasteiger partial charge in [0.2, 0.25) is 0 Å². The van der Waals surface area contributed by atoms with Crippen molar-refractivity contribution in [2.24, 2.45) is 0 Å². The Hall–Kier alpha value is -1.84. The highest BCUT2D eigenvalue weighted by molar-refractivity contribution is 6.08. The van der Waals surface area contributed by atoms with Crippen LogP contribution in [0.5, 0.6) is 0 Å². The van der Waals surface area contributed by atoms with Crippen LogP contribution < -0.4 is 9.80 Å². The fraction of sp³-hybridized carbons (Fsp3) is 0.400. The summed E-state index contributed by atoms with van der Waals surface area (Å²) in [5, 5.41) is 2.77. The third kappa shape index (κ3) is 3.26. The first-order valence-electron chi connectivity index (χ1n) is 8.70. The molecule has 0 spiro atoms.